The second-order valence-corrected chi connectivity index (χ2v) is 6.91. The zero-order chi connectivity index (χ0) is 15.4. The molecule has 1 saturated heterocycles. The molecule has 0 radical (unpaired) electrons. The van der Waals surface area contributed by atoms with Crippen LogP contribution in [0.15, 0.2) is 17.7 Å². The van der Waals surface area contributed by atoms with Crippen LogP contribution < -0.4 is 4.74 Å². The average Bonchev–Trinajstić information content (AvgIpc) is 2.85. The first-order chi connectivity index (χ1) is 10.7. The first-order valence-corrected chi connectivity index (χ1v) is 8.88. The quantitative estimate of drug-likeness (QED) is 0.799. The molecule has 2 nitrogen and oxygen atoms in total. The highest BCUT2D eigenvalue weighted by atomic mass is 16.5. The van der Waals surface area contributed by atoms with Gasteiger partial charge in [-0.05, 0) is 57.8 Å². The Hall–Kier alpha value is -1.28. The predicted molar refractivity (Wildman–Crippen MR) is 93.5 cm³/mol. The molecule has 0 spiro atoms. The van der Waals surface area contributed by atoms with E-state index >= 15 is 0 Å². The van der Waals surface area contributed by atoms with Gasteiger partial charge in [0, 0.05) is 18.5 Å². The van der Waals surface area contributed by atoms with E-state index in [9.17, 15) is 0 Å². The smallest absolute Gasteiger partial charge is 0.129 e. The van der Waals surface area contributed by atoms with Crippen molar-refractivity contribution in [3.63, 3.8) is 0 Å². The molecule has 0 amide bonds. The summed E-state index contributed by atoms with van der Waals surface area (Å²) in [6, 6.07) is 4.48. The van der Waals surface area contributed by atoms with E-state index in [1.165, 1.54) is 68.4 Å². The number of hydrogen-bond acceptors (Lipinski definition) is 2. The highest BCUT2D eigenvalue weighted by molar-refractivity contribution is 5.64. The summed E-state index contributed by atoms with van der Waals surface area (Å²) < 4.78 is 6.01. The summed E-state index contributed by atoms with van der Waals surface area (Å²) in [6.45, 7) is 8.94. The highest BCUT2D eigenvalue weighted by Gasteiger charge is 2.14. The number of aryl methyl sites for hydroxylation is 2. The summed E-state index contributed by atoms with van der Waals surface area (Å²) in [5, 5.41) is 0. The molecule has 1 aromatic rings. The molecule has 2 heteroatoms. The molecule has 0 saturated carbocycles. The molecule has 0 unspecified atom stereocenters. The van der Waals surface area contributed by atoms with Gasteiger partial charge in [0.05, 0.1) is 6.61 Å². The van der Waals surface area contributed by atoms with Crippen LogP contribution in [0, 0.1) is 13.8 Å². The van der Waals surface area contributed by atoms with Crippen LogP contribution in [0.1, 0.15) is 55.2 Å². The molecule has 0 atom stereocenters. The van der Waals surface area contributed by atoms with E-state index in [2.05, 4.69) is 37.0 Å². The Kier molecular flexibility index (Phi) is 5.20. The highest BCUT2D eigenvalue weighted by Crippen LogP contribution is 2.31. The molecule has 1 fully saturated rings. The van der Waals surface area contributed by atoms with Gasteiger partial charge in [-0.15, -0.1) is 0 Å². The minimum Gasteiger partial charge on any atom is -0.492 e. The third-order valence-electron chi connectivity index (χ3n) is 4.92. The number of benzene rings is 1. The molecule has 0 N–H and O–H groups in total. The van der Waals surface area contributed by atoms with Crippen LogP contribution in [-0.2, 0) is 0 Å². The Morgan fingerprint density at radius 2 is 1.82 bits per heavy atom. The van der Waals surface area contributed by atoms with Gasteiger partial charge in [-0.1, -0.05) is 36.1 Å². The summed E-state index contributed by atoms with van der Waals surface area (Å²) in [6.07, 6.45) is 10.2. The number of ether oxygens (including phenoxy) is 1. The largest absolute Gasteiger partial charge is 0.492 e. The van der Waals surface area contributed by atoms with Gasteiger partial charge in [0.25, 0.3) is 0 Å². The van der Waals surface area contributed by atoms with Gasteiger partial charge >= 0.3 is 0 Å². The summed E-state index contributed by atoms with van der Waals surface area (Å²) in [4.78, 5) is 2.65. The van der Waals surface area contributed by atoms with Crippen molar-refractivity contribution >= 4 is 6.08 Å². The van der Waals surface area contributed by atoms with Crippen molar-refractivity contribution in [2.45, 2.75) is 52.4 Å². The fraction of sp³-hybridized carbons (Fsp3) is 0.600. The third kappa shape index (κ3) is 3.92. The molecule has 1 aromatic carbocycles. The van der Waals surface area contributed by atoms with Gasteiger partial charge < -0.3 is 9.64 Å². The van der Waals surface area contributed by atoms with Crippen LogP contribution in [0.3, 0.4) is 0 Å². The summed E-state index contributed by atoms with van der Waals surface area (Å²) in [5.74, 6) is 1.09. The van der Waals surface area contributed by atoms with E-state index in [0.29, 0.717) is 0 Å². The van der Waals surface area contributed by atoms with Crippen LogP contribution in [0.2, 0.25) is 0 Å². The lowest BCUT2D eigenvalue weighted by atomic mass is 10.0. The van der Waals surface area contributed by atoms with Gasteiger partial charge in [0.15, 0.2) is 0 Å². The Balaban J connectivity index is 1.69. The molecule has 2 heterocycles. The Morgan fingerprint density at radius 3 is 2.59 bits per heavy atom. The van der Waals surface area contributed by atoms with Crippen LogP contribution >= 0.6 is 0 Å². The number of hydrogen-bond donors (Lipinski definition) is 0. The Labute approximate surface area is 135 Å². The van der Waals surface area contributed by atoms with Crippen LogP contribution in [0.5, 0.6) is 5.75 Å². The van der Waals surface area contributed by atoms with Crippen molar-refractivity contribution in [2.24, 2.45) is 0 Å². The van der Waals surface area contributed by atoms with Crippen LogP contribution in [-0.4, -0.2) is 31.1 Å². The van der Waals surface area contributed by atoms with E-state index in [1.807, 2.05) is 0 Å². The van der Waals surface area contributed by atoms with Gasteiger partial charge in [0.1, 0.15) is 5.75 Å². The average molecular weight is 299 g/mol. The monoisotopic (exact) mass is 299 g/mol. The van der Waals surface area contributed by atoms with Gasteiger partial charge in [-0.25, -0.2) is 0 Å². The second kappa shape index (κ2) is 7.32. The standard InChI is InChI=1S/C20H29NO/c1-16-13-17(2)20-19(14-16)15-18(8-12-22-20)7-11-21-9-5-3-4-6-10-21/h13-15H,3-12H2,1-2H3. The minimum absolute atomic E-state index is 0.822. The number of fused-ring (bicyclic) bond motifs is 1. The zero-order valence-corrected chi connectivity index (χ0v) is 14.2. The molecule has 0 bridgehead atoms. The van der Waals surface area contributed by atoms with Gasteiger partial charge in [0.2, 0.25) is 0 Å². The van der Waals surface area contributed by atoms with E-state index in [1.54, 1.807) is 5.57 Å². The van der Waals surface area contributed by atoms with Crippen LogP contribution in [0.25, 0.3) is 6.08 Å². The fourth-order valence-electron chi connectivity index (χ4n) is 3.73. The second-order valence-electron chi connectivity index (χ2n) is 6.91. The first kappa shape index (κ1) is 15.6. The normalized spacial score (nSPS) is 19.6. The fourth-order valence-corrected chi connectivity index (χ4v) is 3.73. The number of rotatable bonds is 3. The van der Waals surface area contributed by atoms with E-state index in [-0.39, 0.29) is 0 Å². The summed E-state index contributed by atoms with van der Waals surface area (Å²) in [7, 11) is 0. The molecule has 0 aromatic heterocycles. The first-order valence-electron chi connectivity index (χ1n) is 8.88. The maximum absolute atomic E-state index is 6.01. The topological polar surface area (TPSA) is 12.5 Å². The van der Waals surface area contributed by atoms with E-state index in [4.69, 9.17) is 4.74 Å². The molecule has 0 aliphatic carbocycles. The number of likely N-dealkylation sites (tertiary alicyclic amines) is 1. The lowest BCUT2D eigenvalue weighted by Crippen LogP contribution is -2.26. The predicted octanol–water partition coefficient (Wildman–Crippen LogP) is 4.74. The van der Waals surface area contributed by atoms with Gasteiger partial charge in [-0.3, -0.25) is 0 Å². The van der Waals surface area contributed by atoms with Gasteiger partial charge in [-0.2, -0.15) is 0 Å². The van der Waals surface area contributed by atoms with E-state index < -0.39 is 0 Å². The molecule has 2 aliphatic heterocycles. The molecule has 3 rings (SSSR count). The van der Waals surface area contributed by atoms with Crippen molar-refractivity contribution in [3.8, 4) is 5.75 Å². The maximum Gasteiger partial charge on any atom is 0.129 e. The molecule has 120 valence electrons. The lowest BCUT2D eigenvalue weighted by molar-refractivity contribution is 0.283. The van der Waals surface area contributed by atoms with Crippen LogP contribution in [0.4, 0.5) is 0 Å². The van der Waals surface area contributed by atoms with Crippen molar-refractivity contribution in [1.82, 2.24) is 4.90 Å². The molecular formula is C20H29NO. The molecule has 22 heavy (non-hydrogen) atoms. The number of nitrogens with zero attached hydrogens (tertiary/aromatic N) is 1. The summed E-state index contributed by atoms with van der Waals surface area (Å²) >= 11 is 0. The molecular weight excluding hydrogens is 270 g/mol. The zero-order valence-electron chi connectivity index (χ0n) is 14.2. The SMILES string of the molecule is Cc1cc(C)c2c(c1)C=C(CCN1CCCCCC1)CCO2. The Morgan fingerprint density at radius 1 is 1.05 bits per heavy atom. The van der Waals surface area contributed by atoms with Crippen molar-refractivity contribution in [3.05, 3.63) is 34.4 Å². The third-order valence-corrected chi connectivity index (χ3v) is 4.92. The van der Waals surface area contributed by atoms with Crippen molar-refractivity contribution in [2.75, 3.05) is 26.2 Å². The summed E-state index contributed by atoms with van der Waals surface area (Å²) in [5.41, 5.74) is 5.42. The Bertz CT molecular complexity index is 539. The minimum atomic E-state index is 0.822. The lowest BCUT2D eigenvalue weighted by Gasteiger charge is -2.20. The maximum atomic E-state index is 6.01. The van der Waals surface area contributed by atoms with E-state index in [0.717, 1.165) is 18.8 Å². The van der Waals surface area contributed by atoms with Crippen molar-refractivity contribution < 1.29 is 4.74 Å². The molecule has 2 aliphatic rings. The van der Waals surface area contributed by atoms with Crippen molar-refractivity contribution in [1.29, 1.82) is 0 Å².